The highest BCUT2D eigenvalue weighted by Crippen LogP contribution is 2.30. The molecule has 0 aliphatic rings. The molecule has 0 aliphatic carbocycles. The molecule has 0 bridgehead atoms. The van der Waals surface area contributed by atoms with E-state index in [0.29, 0.717) is 16.4 Å². The molecule has 0 aliphatic heterocycles. The van der Waals surface area contributed by atoms with Gasteiger partial charge in [-0.2, -0.15) is 0 Å². The van der Waals surface area contributed by atoms with Crippen molar-refractivity contribution in [2.45, 2.75) is 6.92 Å². The van der Waals surface area contributed by atoms with Gasteiger partial charge in [-0.3, -0.25) is 14.9 Å². The Balaban J connectivity index is 1.62. The number of hydrogen-bond donors (Lipinski definition) is 2. The monoisotopic (exact) mass is 387 g/mol. The van der Waals surface area contributed by atoms with Crippen LogP contribution in [0.15, 0.2) is 72.8 Å². The van der Waals surface area contributed by atoms with Crippen molar-refractivity contribution >= 4 is 44.2 Å². The second-order valence-corrected chi connectivity index (χ2v) is 7.28. The van der Waals surface area contributed by atoms with Gasteiger partial charge in [0.25, 0.3) is 5.91 Å². The molecule has 0 unspecified atom stereocenters. The lowest BCUT2D eigenvalue weighted by atomic mass is 9.99. The minimum atomic E-state index is -0.208. The van der Waals surface area contributed by atoms with Crippen LogP contribution in [0.4, 0.5) is 10.8 Å². The van der Waals surface area contributed by atoms with Crippen LogP contribution in [0.25, 0.3) is 21.3 Å². The first kappa shape index (κ1) is 17.9. The van der Waals surface area contributed by atoms with Gasteiger partial charge < -0.3 is 5.32 Å². The Morgan fingerprint density at radius 1 is 0.893 bits per heavy atom. The standard InChI is InChI=1S/C22H17N3O2S/c1-14(26)23-16-11-12-19-20(13-16)28-22(24-19)25-21(27)18-10-6-5-9-17(18)15-7-3-2-4-8-15/h2-13H,1H3,(H,23,26)(H,24,25,27). The number of fused-ring (bicyclic) bond motifs is 1. The van der Waals surface area contributed by atoms with Crippen molar-refractivity contribution in [1.82, 2.24) is 4.98 Å². The number of anilines is 2. The minimum Gasteiger partial charge on any atom is -0.326 e. The molecule has 1 aromatic heterocycles. The summed E-state index contributed by atoms with van der Waals surface area (Å²) in [6, 6.07) is 22.8. The number of thiazole rings is 1. The van der Waals surface area contributed by atoms with E-state index in [1.807, 2.05) is 60.7 Å². The van der Waals surface area contributed by atoms with E-state index < -0.39 is 0 Å². The van der Waals surface area contributed by atoms with Gasteiger partial charge in [-0.1, -0.05) is 59.9 Å². The molecule has 2 N–H and O–H groups in total. The first-order valence-electron chi connectivity index (χ1n) is 8.74. The lowest BCUT2D eigenvalue weighted by molar-refractivity contribution is -0.114. The fraction of sp³-hybridized carbons (Fsp3) is 0.0455. The van der Waals surface area contributed by atoms with E-state index in [2.05, 4.69) is 15.6 Å². The van der Waals surface area contributed by atoms with Gasteiger partial charge in [-0.05, 0) is 35.4 Å². The number of carbonyl (C=O) groups is 2. The highest BCUT2D eigenvalue weighted by atomic mass is 32.1. The highest BCUT2D eigenvalue weighted by Gasteiger charge is 2.14. The number of amides is 2. The van der Waals surface area contributed by atoms with Crippen molar-refractivity contribution < 1.29 is 9.59 Å². The van der Waals surface area contributed by atoms with Crippen molar-refractivity contribution in [3.63, 3.8) is 0 Å². The van der Waals surface area contributed by atoms with Gasteiger partial charge in [0.2, 0.25) is 5.91 Å². The average Bonchev–Trinajstić information content (AvgIpc) is 3.09. The minimum absolute atomic E-state index is 0.130. The fourth-order valence-electron chi connectivity index (χ4n) is 2.97. The lowest BCUT2D eigenvalue weighted by Gasteiger charge is -2.09. The molecule has 2 amide bonds. The molecule has 138 valence electrons. The SMILES string of the molecule is CC(=O)Nc1ccc2nc(NC(=O)c3ccccc3-c3ccccc3)sc2c1. The summed E-state index contributed by atoms with van der Waals surface area (Å²) in [5.41, 5.74) is 3.92. The molecule has 5 nitrogen and oxygen atoms in total. The van der Waals surface area contributed by atoms with E-state index in [1.165, 1.54) is 18.3 Å². The van der Waals surface area contributed by atoms with Crippen LogP contribution in [0, 0.1) is 0 Å². The molecular weight excluding hydrogens is 370 g/mol. The van der Waals surface area contributed by atoms with E-state index >= 15 is 0 Å². The van der Waals surface area contributed by atoms with Crippen LogP contribution in [0.2, 0.25) is 0 Å². The third-order valence-corrected chi connectivity index (χ3v) is 5.12. The van der Waals surface area contributed by atoms with E-state index in [-0.39, 0.29) is 11.8 Å². The molecule has 0 radical (unpaired) electrons. The third-order valence-electron chi connectivity index (χ3n) is 4.19. The number of nitrogens with zero attached hydrogens (tertiary/aromatic N) is 1. The van der Waals surface area contributed by atoms with E-state index in [0.717, 1.165) is 21.3 Å². The summed E-state index contributed by atoms with van der Waals surface area (Å²) in [6.07, 6.45) is 0. The van der Waals surface area contributed by atoms with Crippen LogP contribution in [0.1, 0.15) is 17.3 Å². The summed E-state index contributed by atoms with van der Waals surface area (Å²) in [5, 5.41) is 6.17. The molecule has 1 heterocycles. The largest absolute Gasteiger partial charge is 0.326 e. The highest BCUT2D eigenvalue weighted by molar-refractivity contribution is 7.22. The lowest BCUT2D eigenvalue weighted by Crippen LogP contribution is -2.12. The van der Waals surface area contributed by atoms with Gasteiger partial charge in [0.15, 0.2) is 5.13 Å². The molecule has 0 saturated heterocycles. The number of rotatable bonds is 4. The van der Waals surface area contributed by atoms with Gasteiger partial charge >= 0.3 is 0 Å². The quantitative estimate of drug-likeness (QED) is 0.507. The number of aromatic nitrogens is 1. The smallest absolute Gasteiger partial charge is 0.258 e. The van der Waals surface area contributed by atoms with Gasteiger partial charge in [0.05, 0.1) is 10.2 Å². The first-order valence-corrected chi connectivity index (χ1v) is 9.56. The van der Waals surface area contributed by atoms with Crippen LogP contribution in [0.5, 0.6) is 0 Å². The summed E-state index contributed by atoms with van der Waals surface area (Å²) in [7, 11) is 0. The van der Waals surface area contributed by atoms with E-state index in [1.54, 1.807) is 12.1 Å². The summed E-state index contributed by atoms with van der Waals surface area (Å²) < 4.78 is 0.887. The summed E-state index contributed by atoms with van der Waals surface area (Å²) in [5.74, 6) is -0.337. The summed E-state index contributed by atoms with van der Waals surface area (Å²) in [4.78, 5) is 28.6. The number of carbonyl (C=O) groups excluding carboxylic acids is 2. The number of benzene rings is 3. The van der Waals surface area contributed by atoms with E-state index in [9.17, 15) is 9.59 Å². The van der Waals surface area contributed by atoms with Gasteiger partial charge in [0, 0.05) is 18.2 Å². The Bertz CT molecular complexity index is 1170. The Morgan fingerprint density at radius 3 is 2.43 bits per heavy atom. The van der Waals surface area contributed by atoms with Crippen molar-refractivity contribution in [3.05, 3.63) is 78.4 Å². The van der Waals surface area contributed by atoms with E-state index in [4.69, 9.17) is 0 Å². The third kappa shape index (κ3) is 3.77. The zero-order chi connectivity index (χ0) is 19.5. The fourth-order valence-corrected chi connectivity index (χ4v) is 3.87. The molecule has 0 saturated carbocycles. The summed E-state index contributed by atoms with van der Waals surface area (Å²) >= 11 is 1.37. The maximum absolute atomic E-state index is 12.9. The average molecular weight is 387 g/mol. The van der Waals surface area contributed by atoms with Crippen LogP contribution < -0.4 is 10.6 Å². The Morgan fingerprint density at radius 2 is 1.64 bits per heavy atom. The molecule has 0 fully saturated rings. The molecular formula is C22H17N3O2S. The first-order chi connectivity index (χ1) is 13.6. The van der Waals surface area contributed by atoms with Crippen molar-refractivity contribution in [3.8, 4) is 11.1 Å². The predicted octanol–water partition coefficient (Wildman–Crippen LogP) is 5.17. The zero-order valence-electron chi connectivity index (χ0n) is 15.1. The van der Waals surface area contributed by atoms with Crippen molar-refractivity contribution in [2.24, 2.45) is 0 Å². The molecule has 6 heteroatoms. The predicted molar refractivity (Wildman–Crippen MR) is 114 cm³/mol. The number of nitrogens with one attached hydrogen (secondary N) is 2. The van der Waals surface area contributed by atoms with Crippen molar-refractivity contribution in [2.75, 3.05) is 10.6 Å². The molecule has 4 aromatic rings. The van der Waals surface area contributed by atoms with Gasteiger partial charge in [-0.15, -0.1) is 0 Å². The van der Waals surface area contributed by atoms with Crippen LogP contribution in [-0.4, -0.2) is 16.8 Å². The molecule has 4 rings (SSSR count). The van der Waals surface area contributed by atoms with Crippen LogP contribution >= 0.6 is 11.3 Å². The second kappa shape index (κ2) is 7.62. The van der Waals surface area contributed by atoms with Crippen LogP contribution in [-0.2, 0) is 4.79 Å². The molecule has 28 heavy (non-hydrogen) atoms. The molecule has 0 atom stereocenters. The Kier molecular flexibility index (Phi) is 4.87. The molecule has 3 aromatic carbocycles. The van der Waals surface area contributed by atoms with Gasteiger partial charge in [0.1, 0.15) is 0 Å². The second-order valence-electron chi connectivity index (χ2n) is 6.25. The molecule has 0 spiro atoms. The van der Waals surface area contributed by atoms with Crippen molar-refractivity contribution in [1.29, 1.82) is 0 Å². The number of hydrogen-bond acceptors (Lipinski definition) is 4. The van der Waals surface area contributed by atoms with Gasteiger partial charge in [-0.25, -0.2) is 4.98 Å². The maximum atomic E-state index is 12.9. The zero-order valence-corrected chi connectivity index (χ0v) is 15.9. The Hall–Kier alpha value is -3.51. The summed E-state index contributed by atoms with van der Waals surface area (Å²) in [6.45, 7) is 1.46. The maximum Gasteiger partial charge on any atom is 0.258 e. The topological polar surface area (TPSA) is 71.1 Å². The Labute approximate surface area is 166 Å². The normalized spacial score (nSPS) is 10.6. The van der Waals surface area contributed by atoms with Crippen LogP contribution in [0.3, 0.4) is 0 Å².